The van der Waals surface area contributed by atoms with Crippen LogP contribution in [-0.2, 0) is 4.79 Å². The van der Waals surface area contributed by atoms with Gasteiger partial charge in [0.2, 0.25) is 5.91 Å². The number of carbonyl (C=O) groups is 1. The van der Waals surface area contributed by atoms with Gasteiger partial charge >= 0.3 is 0 Å². The number of carbonyl (C=O) groups excluding carboxylic acids is 1. The van der Waals surface area contributed by atoms with Gasteiger partial charge in [0.05, 0.1) is 0 Å². The Kier molecular flexibility index (Phi) is 5.04. The van der Waals surface area contributed by atoms with Crippen LogP contribution >= 0.6 is 0 Å². The molecule has 0 aromatic carbocycles. The predicted molar refractivity (Wildman–Crippen MR) is 74.1 cm³/mol. The molecule has 1 saturated heterocycles. The molecule has 18 heavy (non-hydrogen) atoms. The Bertz CT molecular complexity index is 280. The van der Waals surface area contributed by atoms with Gasteiger partial charge in [-0.15, -0.1) is 0 Å². The van der Waals surface area contributed by atoms with Crippen LogP contribution in [0.2, 0.25) is 0 Å². The molecular formula is C15H28N2O. The molecule has 3 atom stereocenters. The molecule has 0 aromatic rings. The fraction of sp³-hybridized carbons (Fsp3) is 0.933. The monoisotopic (exact) mass is 252 g/mol. The molecule has 3 nitrogen and oxygen atoms in total. The van der Waals surface area contributed by atoms with E-state index >= 15 is 0 Å². The molecule has 0 aromatic heterocycles. The SMILES string of the molecule is CC1CCCN(C(=O)CC2CCCC(N)C2)CC1. The van der Waals surface area contributed by atoms with Crippen molar-refractivity contribution >= 4 is 5.91 Å². The van der Waals surface area contributed by atoms with Gasteiger partial charge in [-0.2, -0.15) is 0 Å². The van der Waals surface area contributed by atoms with Crippen molar-refractivity contribution in [3.8, 4) is 0 Å². The molecule has 1 saturated carbocycles. The van der Waals surface area contributed by atoms with Gasteiger partial charge in [0.25, 0.3) is 0 Å². The number of rotatable bonds is 2. The van der Waals surface area contributed by atoms with Gasteiger partial charge in [-0.25, -0.2) is 0 Å². The number of nitrogens with zero attached hydrogens (tertiary/aromatic N) is 1. The Morgan fingerprint density at radius 1 is 1.17 bits per heavy atom. The maximum atomic E-state index is 12.3. The van der Waals surface area contributed by atoms with Crippen LogP contribution in [0.3, 0.4) is 0 Å². The van der Waals surface area contributed by atoms with Gasteiger partial charge in [-0.1, -0.05) is 13.3 Å². The third-order valence-electron chi connectivity index (χ3n) is 4.66. The summed E-state index contributed by atoms with van der Waals surface area (Å²) in [5.41, 5.74) is 6.00. The lowest BCUT2D eigenvalue weighted by Crippen LogP contribution is -2.35. The van der Waals surface area contributed by atoms with E-state index < -0.39 is 0 Å². The molecule has 3 heteroatoms. The highest BCUT2D eigenvalue weighted by Gasteiger charge is 2.25. The predicted octanol–water partition coefficient (Wildman–Crippen LogP) is 2.54. The number of hydrogen-bond donors (Lipinski definition) is 1. The number of likely N-dealkylation sites (tertiary alicyclic amines) is 1. The smallest absolute Gasteiger partial charge is 0.222 e. The minimum atomic E-state index is 0.334. The van der Waals surface area contributed by atoms with Crippen molar-refractivity contribution in [2.45, 2.75) is 64.3 Å². The second-order valence-electron chi connectivity index (χ2n) is 6.41. The molecule has 1 aliphatic carbocycles. The van der Waals surface area contributed by atoms with E-state index in [-0.39, 0.29) is 0 Å². The zero-order valence-corrected chi connectivity index (χ0v) is 11.7. The highest BCUT2D eigenvalue weighted by molar-refractivity contribution is 5.76. The fourth-order valence-corrected chi connectivity index (χ4v) is 3.41. The normalized spacial score (nSPS) is 34.1. The lowest BCUT2D eigenvalue weighted by atomic mass is 9.84. The second-order valence-corrected chi connectivity index (χ2v) is 6.41. The van der Waals surface area contributed by atoms with Crippen molar-refractivity contribution < 1.29 is 4.79 Å². The molecule has 0 spiro atoms. The molecule has 0 bridgehead atoms. The van der Waals surface area contributed by atoms with Crippen LogP contribution < -0.4 is 5.73 Å². The van der Waals surface area contributed by atoms with Crippen molar-refractivity contribution in [1.82, 2.24) is 4.90 Å². The molecule has 3 unspecified atom stereocenters. The summed E-state index contributed by atoms with van der Waals surface area (Å²) in [4.78, 5) is 14.4. The Morgan fingerprint density at radius 2 is 2.00 bits per heavy atom. The van der Waals surface area contributed by atoms with E-state index in [2.05, 4.69) is 11.8 Å². The highest BCUT2D eigenvalue weighted by atomic mass is 16.2. The van der Waals surface area contributed by atoms with E-state index in [1.54, 1.807) is 0 Å². The van der Waals surface area contributed by atoms with E-state index in [1.807, 2.05) is 0 Å². The third-order valence-corrected chi connectivity index (χ3v) is 4.66. The van der Waals surface area contributed by atoms with E-state index in [1.165, 1.54) is 32.1 Å². The lowest BCUT2D eigenvalue weighted by molar-refractivity contribution is -0.132. The van der Waals surface area contributed by atoms with Gasteiger partial charge in [-0.3, -0.25) is 4.79 Å². The van der Waals surface area contributed by atoms with E-state index in [9.17, 15) is 4.79 Å². The zero-order valence-electron chi connectivity index (χ0n) is 11.7. The molecule has 1 amide bonds. The topological polar surface area (TPSA) is 46.3 Å². The van der Waals surface area contributed by atoms with Crippen molar-refractivity contribution in [3.63, 3.8) is 0 Å². The van der Waals surface area contributed by atoms with Crippen LogP contribution in [0.4, 0.5) is 0 Å². The second kappa shape index (κ2) is 6.55. The molecular weight excluding hydrogens is 224 g/mol. The van der Waals surface area contributed by atoms with E-state index in [0.717, 1.165) is 38.3 Å². The van der Waals surface area contributed by atoms with Crippen LogP contribution in [0.15, 0.2) is 0 Å². The molecule has 1 heterocycles. The van der Waals surface area contributed by atoms with Crippen molar-refractivity contribution in [2.24, 2.45) is 17.6 Å². The van der Waals surface area contributed by atoms with E-state index in [0.29, 0.717) is 17.9 Å². The summed E-state index contributed by atoms with van der Waals surface area (Å²) in [6, 6.07) is 0.334. The highest BCUT2D eigenvalue weighted by Crippen LogP contribution is 2.27. The van der Waals surface area contributed by atoms with Gasteiger partial charge in [0, 0.05) is 25.6 Å². The number of amides is 1. The molecule has 2 N–H and O–H groups in total. The fourth-order valence-electron chi connectivity index (χ4n) is 3.41. The third kappa shape index (κ3) is 3.98. The van der Waals surface area contributed by atoms with Crippen LogP contribution in [0.1, 0.15) is 58.3 Å². The minimum absolute atomic E-state index is 0.334. The Morgan fingerprint density at radius 3 is 2.78 bits per heavy atom. The van der Waals surface area contributed by atoms with Gasteiger partial charge in [0.15, 0.2) is 0 Å². The Labute approximate surface area is 111 Å². The van der Waals surface area contributed by atoms with Crippen LogP contribution in [0, 0.1) is 11.8 Å². The first-order valence-electron chi connectivity index (χ1n) is 7.68. The summed E-state index contributed by atoms with van der Waals surface area (Å²) in [6.45, 7) is 4.24. The average molecular weight is 252 g/mol. The molecule has 0 radical (unpaired) electrons. The maximum absolute atomic E-state index is 12.3. The maximum Gasteiger partial charge on any atom is 0.222 e. The Balaban J connectivity index is 1.79. The quantitative estimate of drug-likeness (QED) is 0.821. The van der Waals surface area contributed by atoms with E-state index in [4.69, 9.17) is 5.73 Å². The minimum Gasteiger partial charge on any atom is -0.343 e. The summed E-state index contributed by atoms with van der Waals surface area (Å²) < 4.78 is 0. The number of hydrogen-bond acceptors (Lipinski definition) is 2. The summed E-state index contributed by atoms with van der Waals surface area (Å²) in [5.74, 6) is 1.70. The molecule has 2 rings (SSSR count). The largest absolute Gasteiger partial charge is 0.343 e. The van der Waals surface area contributed by atoms with Crippen molar-refractivity contribution in [1.29, 1.82) is 0 Å². The van der Waals surface area contributed by atoms with Gasteiger partial charge < -0.3 is 10.6 Å². The zero-order chi connectivity index (χ0) is 13.0. The van der Waals surface area contributed by atoms with Gasteiger partial charge in [-0.05, 0) is 50.4 Å². The van der Waals surface area contributed by atoms with Crippen molar-refractivity contribution in [2.75, 3.05) is 13.1 Å². The van der Waals surface area contributed by atoms with Gasteiger partial charge in [0.1, 0.15) is 0 Å². The molecule has 2 aliphatic rings. The standard InChI is InChI=1S/C15H28N2O/c1-12-4-3-8-17(9-7-12)15(18)11-13-5-2-6-14(16)10-13/h12-14H,2-11,16H2,1H3. The first-order valence-corrected chi connectivity index (χ1v) is 7.68. The summed E-state index contributed by atoms with van der Waals surface area (Å²) in [6.07, 6.45) is 8.97. The molecule has 1 aliphatic heterocycles. The van der Waals surface area contributed by atoms with Crippen LogP contribution in [0.25, 0.3) is 0 Å². The molecule has 104 valence electrons. The lowest BCUT2D eigenvalue weighted by Gasteiger charge is -2.28. The number of nitrogens with two attached hydrogens (primary N) is 1. The summed E-state index contributed by atoms with van der Waals surface area (Å²) in [7, 11) is 0. The first kappa shape index (κ1) is 13.9. The molecule has 2 fully saturated rings. The van der Waals surface area contributed by atoms with Crippen molar-refractivity contribution in [3.05, 3.63) is 0 Å². The Hall–Kier alpha value is -0.570. The summed E-state index contributed by atoms with van der Waals surface area (Å²) in [5, 5.41) is 0. The summed E-state index contributed by atoms with van der Waals surface area (Å²) >= 11 is 0. The first-order chi connectivity index (χ1) is 8.65. The van der Waals surface area contributed by atoms with Crippen LogP contribution in [0.5, 0.6) is 0 Å². The van der Waals surface area contributed by atoms with Crippen LogP contribution in [-0.4, -0.2) is 29.9 Å². The average Bonchev–Trinajstić information content (AvgIpc) is 2.54.